The van der Waals surface area contributed by atoms with Crippen LogP contribution in [-0.2, 0) is 28.5 Å². The third kappa shape index (κ3) is 5.06. The maximum atomic E-state index is 13.2. The molecule has 0 radical (unpaired) electrons. The van der Waals surface area contributed by atoms with Crippen molar-refractivity contribution in [3.8, 4) is 0 Å². The van der Waals surface area contributed by atoms with Crippen LogP contribution in [0.3, 0.4) is 0 Å². The molecule has 10 unspecified atom stereocenters. The van der Waals surface area contributed by atoms with Crippen LogP contribution < -0.4 is 0 Å². The number of carbonyl (C=O) groups is 2. The number of ether oxygens (including phenoxy) is 4. The van der Waals surface area contributed by atoms with E-state index < -0.39 is 36.8 Å². The molecule has 6 nitrogen and oxygen atoms in total. The highest BCUT2D eigenvalue weighted by Crippen LogP contribution is 2.32. The van der Waals surface area contributed by atoms with Crippen molar-refractivity contribution < 1.29 is 37.3 Å². The van der Waals surface area contributed by atoms with E-state index in [-0.39, 0.29) is 24.0 Å². The van der Waals surface area contributed by atoms with E-state index in [0.717, 1.165) is 12.6 Å². The Kier molecular flexibility index (Phi) is 9.23. The van der Waals surface area contributed by atoms with Gasteiger partial charge in [0.15, 0.2) is 0 Å². The summed E-state index contributed by atoms with van der Waals surface area (Å²) in [6, 6.07) is 0. The lowest BCUT2D eigenvalue weighted by Gasteiger charge is -2.38. The number of hydrogen-bond acceptors (Lipinski definition) is 6. The van der Waals surface area contributed by atoms with Crippen LogP contribution in [0.25, 0.3) is 0 Å². The van der Waals surface area contributed by atoms with Gasteiger partial charge in [-0.15, -0.1) is 0 Å². The minimum atomic E-state index is -1.34. The third-order valence-electron chi connectivity index (χ3n) is 5.25. The van der Waals surface area contributed by atoms with Gasteiger partial charge in [-0.3, -0.25) is 0 Å². The lowest BCUT2D eigenvalue weighted by atomic mass is 9.86. The first-order valence-electron chi connectivity index (χ1n) is 8.78. The number of carbonyl (C=O) groups excluding carboxylic acids is 2. The molecule has 10 atom stereocenters. The van der Waals surface area contributed by atoms with Gasteiger partial charge in [-0.2, -0.15) is 0 Å². The summed E-state index contributed by atoms with van der Waals surface area (Å²) in [5.41, 5.74) is 0. The highest BCUT2D eigenvalue weighted by atomic mass is 19.1. The summed E-state index contributed by atoms with van der Waals surface area (Å²) in [5.74, 6) is -1.52. The first-order chi connectivity index (χ1) is 12.2. The zero-order valence-corrected chi connectivity index (χ0v) is 16.1. The molecule has 0 N–H and O–H groups in total. The maximum absolute atomic E-state index is 13.2. The molecule has 0 aromatic heterocycles. The van der Waals surface area contributed by atoms with E-state index in [1.165, 1.54) is 14.2 Å². The second-order valence-electron chi connectivity index (χ2n) is 6.93. The molecule has 0 aromatic carbocycles. The van der Waals surface area contributed by atoms with Crippen LogP contribution in [0.2, 0.25) is 0 Å². The van der Waals surface area contributed by atoms with Gasteiger partial charge in [-0.25, -0.2) is 8.78 Å². The van der Waals surface area contributed by atoms with Gasteiger partial charge in [-0.1, -0.05) is 13.8 Å². The minimum absolute atomic E-state index is 0.369. The Balaban J connectivity index is 0.000000260. The van der Waals surface area contributed by atoms with Crippen LogP contribution in [0, 0.1) is 23.7 Å². The van der Waals surface area contributed by atoms with Crippen LogP contribution in [0.15, 0.2) is 0 Å². The summed E-state index contributed by atoms with van der Waals surface area (Å²) in [4.78, 5) is 21.4. The van der Waals surface area contributed by atoms with Crippen molar-refractivity contribution >= 4 is 12.6 Å². The van der Waals surface area contributed by atoms with Gasteiger partial charge in [0.25, 0.3) is 0 Å². The average Bonchev–Trinajstić information content (AvgIpc) is 2.61. The van der Waals surface area contributed by atoms with E-state index in [2.05, 4.69) is 0 Å². The monoisotopic (exact) mass is 380 g/mol. The fourth-order valence-electron chi connectivity index (χ4n) is 3.49. The summed E-state index contributed by atoms with van der Waals surface area (Å²) in [5, 5.41) is 0. The van der Waals surface area contributed by atoms with Gasteiger partial charge >= 0.3 is 0 Å². The third-order valence-corrected chi connectivity index (χ3v) is 5.25. The van der Waals surface area contributed by atoms with E-state index in [9.17, 15) is 18.4 Å². The number of alkyl halides is 2. The van der Waals surface area contributed by atoms with E-state index in [1.807, 2.05) is 0 Å². The molecule has 0 amide bonds. The molecule has 2 rings (SSSR count). The predicted octanol–water partition coefficient (Wildman–Crippen LogP) is 2.33. The Morgan fingerprint density at radius 1 is 0.731 bits per heavy atom. The van der Waals surface area contributed by atoms with E-state index in [4.69, 9.17) is 18.9 Å². The van der Waals surface area contributed by atoms with E-state index in [1.54, 1.807) is 27.7 Å². The lowest BCUT2D eigenvalue weighted by molar-refractivity contribution is -0.209. The van der Waals surface area contributed by atoms with Crippen molar-refractivity contribution in [1.82, 2.24) is 0 Å². The molecular weight excluding hydrogens is 350 g/mol. The average molecular weight is 380 g/mol. The Morgan fingerprint density at radius 2 is 1.04 bits per heavy atom. The van der Waals surface area contributed by atoms with Crippen LogP contribution in [0.5, 0.6) is 0 Å². The van der Waals surface area contributed by atoms with Crippen molar-refractivity contribution in [2.75, 3.05) is 14.2 Å². The number of methoxy groups -OCH3 is 2. The van der Waals surface area contributed by atoms with Gasteiger partial charge in [0.05, 0.1) is 36.3 Å². The quantitative estimate of drug-likeness (QED) is 0.697. The van der Waals surface area contributed by atoms with Crippen molar-refractivity contribution in [3.63, 3.8) is 0 Å². The summed E-state index contributed by atoms with van der Waals surface area (Å²) in [6.45, 7) is 6.73. The molecule has 0 aromatic rings. The zero-order valence-electron chi connectivity index (χ0n) is 16.1. The number of rotatable bonds is 4. The highest BCUT2D eigenvalue weighted by Gasteiger charge is 2.43. The topological polar surface area (TPSA) is 71.1 Å². The predicted molar refractivity (Wildman–Crippen MR) is 89.9 cm³/mol. The molecule has 2 fully saturated rings. The first kappa shape index (κ1) is 23.1. The Morgan fingerprint density at radius 3 is 1.27 bits per heavy atom. The van der Waals surface area contributed by atoms with E-state index in [0.29, 0.717) is 0 Å². The molecule has 26 heavy (non-hydrogen) atoms. The second-order valence-corrected chi connectivity index (χ2v) is 6.93. The van der Waals surface area contributed by atoms with Crippen LogP contribution in [0.4, 0.5) is 8.78 Å². The zero-order chi connectivity index (χ0) is 20.0. The van der Waals surface area contributed by atoms with Gasteiger partial charge in [0, 0.05) is 26.1 Å². The van der Waals surface area contributed by atoms with Gasteiger partial charge < -0.3 is 28.5 Å². The molecule has 2 aliphatic rings. The molecule has 2 aliphatic heterocycles. The summed E-state index contributed by atoms with van der Waals surface area (Å²) in [7, 11) is 2.98. The molecule has 0 saturated carbocycles. The second kappa shape index (κ2) is 10.4. The Labute approximate surface area is 153 Å². The fraction of sp³-hybridized carbons (Fsp3) is 0.889. The molecule has 2 heterocycles. The molecule has 152 valence electrons. The fourth-order valence-corrected chi connectivity index (χ4v) is 3.49. The Bertz CT molecular complexity index is 411. The largest absolute Gasteiger partial charge is 0.380 e. The van der Waals surface area contributed by atoms with Crippen LogP contribution >= 0.6 is 0 Å². The van der Waals surface area contributed by atoms with Gasteiger partial charge in [-0.05, 0) is 13.8 Å². The summed E-state index contributed by atoms with van der Waals surface area (Å²) in [6.07, 6.45) is -2.69. The van der Waals surface area contributed by atoms with Crippen LogP contribution in [0.1, 0.15) is 27.7 Å². The molecule has 0 aliphatic carbocycles. The van der Waals surface area contributed by atoms with Crippen molar-refractivity contribution in [2.45, 2.75) is 64.8 Å². The summed E-state index contributed by atoms with van der Waals surface area (Å²) >= 11 is 0. The van der Waals surface area contributed by atoms with Gasteiger partial charge in [0.2, 0.25) is 12.7 Å². The minimum Gasteiger partial charge on any atom is -0.380 e. The van der Waals surface area contributed by atoms with Crippen molar-refractivity contribution in [3.05, 3.63) is 0 Å². The normalized spacial score (nSPS) is 46.0. The maximum Gasteiger partial charge on any atom is 0.204 e. The van der Waals surface area contributed by atoms with E-state index >= 15 is 0 Å². The standard InChI is InChI=1S/2C9H15FO3/c2*1-5-8(12-3)7(4-11)6(2)13-9(5)10/h2*4-9H,1-3H3. The first-order valence-corrected chi connectivity index (χ1v) is 8.78. The lowest BCUT2D eigenvalue weighted by Crippen LogP contribution is -2.48. The molecular formula is C18H30F2O6. The number of hydrogen-bond donors (Lipinski definition) is 0. The summed E-state index contributed by atoms with van der Waals surface area (Å²) < 4.78 is 46.4. The Hall–Kier alpha value is -0.960. The van der Waals surface area contributed by atoms with Crippen molar-refractivity contribution in [2.24, 2.45) is 23.7 Å². The molecule has 8 heteroatoms. The van der Waals surface area contributed by atoms with Crippen LogP contribution in [-0.4, -0.2) is 63.9 Å². The SMILES string of the molecule is COC1C(C)C(F)OC(C)C1C=O.COC1C(C)C(F)OC(C)C1C=O. The highest BCUT2D eigenvalue weighted by molar-refractivity contribution is 5.56. The number of aldehydes is 2. The van der Waals surface area contributed by atoms with Gasteiger partial charge in [0.1, 0.15) is 12.6 Å². The smallest absolute Gasteiger partial charge is 0.204 e. The molecule has 0 bridgehead atoms. The number of halogens is 2. The molecule has 2 saturated heterocycles. The molecule has 0 spiro atoms. The van der Waals surface area contributed by atoms with Crippen molar-refractivity contribution in [1.29, 1.82) is 0 Å².